The van der Waals surface area contributed by atoms with E-state index < -0.39 is 5.54 Å². The summed E-state index contributed by atoms with van der Waals surface area (Å²) in [5, 5.41) is 0. The smallest absolute Gasteiger partial charge is 0.222 e. The van der Waals surface area contributed by atoms with E-state index in [0.29, 0.717) is 18.8 Å². The molecule has 156 valence electrons. The van der Waals surface area contributed by atoms with Gasteiger partial charge in [-0.2, -0.15) is 0 Å². The Kier molecular flexibility index (Phi) is 5.83. The van der Waals surface area contributed by atoms with Gasteiger partial charge in [0.05, 0.1) is 5.54 Å². The Bertz CT molecular complexity index is 1040. The van der Waals surface area contributed by atoms with Crippen molar-refractivity contribution in [3.63, 3.8) is 0 Å². The minimum Gasteiger partial charge on any atom is -0.343 e. The molecule has 0 N–H and O–H groups in total. The van der Waals surface area contributed by atoms with Crippen LogP contribution in [0, 0.1) is 5.92 Å². The molecule has 0 aliphatic carbocycles. The molecule has 1 unspecified atom stereocenters. The fourth-order valence-corrected chi connectivity index (χ4v) is 4.96. The predicted molar refractivity (Wildman–Crippen MR) is 124 cm³/mol. The summed E-state index contributed by atoms with van der Waals surface area (Å²) in [5.41, 5.74) is 3.10. The fraction of sp³-hybridized carbons (Fsp3) is 0.360. The molecule has 1 aliphatic heterocycles. The Morgan fingerprint density at radius 1 is 1.17 bits per heavy atom. The van der Waals surface area contributed by atoms with E-state index in [-0.39, 0.29) is 5.91 Å². The number of carbonyl (C=O) groups excluding carboxylic acids is 1. The second kappa shape index (κ2) is 8.38. The SMILES string of the molecule is CCN(CC(C)C)C(=O)CCC1(c2ccc(Br)cc2)c2ccccc2-c2nccn21. The number of aromatic nitrogens is 2. The van der Waals surface area contributed by atoms with Gasteiger partial charge in [0.25, 0.3) is 0 Å². The highest BCUT2D eigenvalue weighted by Gasteiger charge is 2.44. The maximum Gasteiger partial charge on any atom is 0.222 e. The largest absolute Gasteiger partial charge is 0.343 e. The van der Waals surface area contributed by atoms with E-state index in [1.807, 2.05) is 17.3 Å². The molecule has 1 atom stereocenters. The van der Waals surface area contributed by atoms with E-state index in [4.69, 9.17) is 0 Å². The summed E-state index contributed by atoms with van der Waals surface area (Å²) < 4.78 is 3.30. The number of rotatable bonds is 7. The first-order valence-corrected chi connectivity index (χ1v) is 11.4. The van der Waals surface area contributed by atoms with Crippen LogP contribution in [0.2, 0.25) is 0 Å². The Morgan fingerprint density at radius 3 is 2.60 bits per heavy atom. The molecular weight excluding hydrogens is 438 g/mol. The molecule has 5 heteroatoms. The van der Waals surface area contributed by atoms with Gasteiger partial charge in [-0.25, -0.2) is 4.98 Å². The van der Waals surface area contributed by atoms with Gasteiger partial charge in [0.2, 0.25) is 5.91 Å². The average molecular weight is 466 g/mol. The average Bonchev–Trinajstić information content (AvgIpc) is 3.32. The Labute approximate surface area is 187 Å². The summed E-state index contributed by atoms with van der Waals surface area (Å²) in [4.78, 5) is 19.8. The van der Waals surface area contributed by atoms with Crippen LogP contribution in [0.1, 0.15) is 44.7 Å². The molecule has 1 amide bonds. The fourth-order valence-electron chi connectivity index (χ4n) is 4.69. The first-order chi connectivity index (χ1) is 14.5. The van der Waals surface area contributed by atoms with Gasteiger partial charge in [-0.15, -0.1) is 0 Å². The molecular formula is C25H28BrN3O. The van der Waals surface area contributed by atoms with E-state index >= 15 is 0 Å². The number of fused-ring (bicyclic) bond motifs is 3. The van der Waals surface area contributed by atoms with Crippen molar-refractivity contribution >= 4 is 21.8 Å². The van der Waals surface area contributed by atoms with Crippen LogP contribution in [0.25, 0.3) is 11.4 Å². The highest BCUT2D eigenvalue weighted by atomic mass is 79.9. The van der Waals surface area contributed by atoms with Crippen molar-refractivity contribution in [2.45, 2.75) is 39.2 Å². The summed E-state index contributed by atoms with van der Waals surface area (Å²) in [6, 6.07) is 16.9. The number of hydrogen-bond donors (Lipinski definition) is 0. The highest BCUT2D eigenvalue weighted by Crippen LogP contribution is 2.49. The quantitative estimate of drug-likeness (QED) is 0.448. The molecule has 2 heterocycles. The molecule has 0 radical (unpaired) electrons. The zero-order chi connectivity index (χ0) is 21.3. The summed E-state index contributed by atoms with van der Waals surface area (Å²) >= 11 is 3.56. The number of nitrogens with zero attached hydrogens (tertiary/aromatic N) is 3. The van der Waals surface area contributed by atoms with Crippen molar-refractivity contribution in [1.82, 2.24) is 14.5 Å². The first kappa shape index (κ1) is 20.9. The van der Waals surface area contributed by atoms with Crippen LogP contribution in [0.3, 0.4) is 0 Å². The first-order valence-electron chi connectivity index (χ1n) is 10.6. The molecule has 2 aromatic carbocycles. The maximum absolute atomic E-state index is 13.1. The van der Waals surface area contributed by atoms with Gasteiger partial charge in [-0.1, -0.05) is 66.2 Å². The maximum atomic E-state index is 13.1. The van der Waals surface area contributed by atoms with Crippen LogP contribution in [0.5, 0.6) is 0 Å². The monoisotopic (exact) mass is 465 g/mol. The van der Waals surface area contributed by atoms with Crippen LogP contribution in [-0.4, -0.2) is 33.4 Å². The Hall–Kier alpha value is -2.40. The van der Waals surface area contributed by atoms with Gasteiger partial charge in [0.15, 0.2) is 0 Å². The lowest BCUT2D eigenvalue weighted by molar-refractivity contribution is -0.131. The zero-order valence-corrected chi connectivity index (χ0v) is 19.4. The van der Waals surface area contributed by atoms with Gasteiger partial charge in [0, 0.05) is 41.9 Å². The van der Waals surface area contributed by atoms with E-state index in [2.05, 4.69) is 94.8 Å². The molecule has 0 bridgehead atoms. The minimum atomic E-state index is -0.434. The molecule has 3 aromatic rings. The van der Waals surface area contributed by atoms with Crippen LogP contribution >= 0.6 is 15.9 Å². The normalized spacial score (nSPS) is 17.1. The van der Waals surface area contributed by atoms with Crippen LogP contribution in [0.15, 0.2) is 65.4 Å². The van der Waals surface area contributed by atoms with Crippen LogP contribution in [0.4, 0.5) is 0 Å². The van der Waals surface area contributed by atoms with Crippen molar-refractivity contribution in [1.29, 1.82) is 0 Å². The number of imidazole rings is 1. The molecule has 0 spiro atoms. The molecule has 0 saturated carbocycles. The Morgan fingerprint density at radius 2 is 1.90 bits per heavy atom. The van der Waals surface area contributed by atoms with Gasteiger partial charge in [0.1, 0.15) is 5.82 Å². The lowest BCUT2D eigenvalue weighted by Crippen LogP contribution is -2.38. The third-order valence-electron chi connectivity index (χ3n) is 6.01. The van der Waals surface area contributed by atoms with Crippen molar-refractivity contribution in [2.24, 2.45) is 5.92 Å². The molecule has 0 fully saturated rings. The van der Waals surface area contributed by atoms with Gasteiger partial charge in [-0.05, 0) is 42.5 Å². The van der Waals surface area contributed by atoms with Crippen LogP contribution in [-0.2, 0) is 10.3 Å². The summed E-state index contributed by atoms with van der Waals surface area (Å²) in [6.45, 7) is 7.92. The highest BCUT2D eigenvalue weighted by molar-refractivity contribution is 9.10. The third-order valence-corrected chi connectivity index (χ3v) is 6.54. The Balaban J connectivity index is 1.78. The minimum absolute atomic E-state index is 0.216. The number of amides is 1. The van der Waals surface area contributed by atoms with Gasteiger partial charge < -0.3 is 9.47 Å². The number of benzene rings is 2. The van der Waals surface area contributed by atoms with E-state index in [1.54, 1.807) is 0 Å². The third kappa shape index (κ3) is 3.49. The number of hydrogen-bond acceptors (Lipinski definition) is 2. The van der Waals surface area contributed by atoms with E-state index in [9.17, 15) is 4.79 Å². The topological polar surface area (TPSA) is 38.1 Å². The number of carbonyl (C=O) groups is 1. The van der Waals surface area contributed by atoms with E-state index in [0.717, 1.165) is 29.0 Å². The van der Waals surface area contributed by atoms with Crippen molar-refractivity contribution in [3.8, 4) is 11.4 Å². The molecule has 0 saturated heterocycles. The molecule has 1 aromatic heterocycles. The van der Waals surface area contributed by atoms with Crippen LogP contribution < -0.4 is 0 Å². The van der Waals surface area contributed by atoms with E-state index in [1.165, 1.54) is 11.1 Å². The lowest BCUT2D eigenvalue weighted by Gasteiger charge is -2.34. The van der Waals surface area contributed by atoms with Gasteiger partial charge in [-0.3, -0.25) is 4.79 Å². The van der Waals surface area contributed by atoms with Crippen molar-refractivity contribution in [2.75, 3.05) is 13.1 Å². The van der Waals surface area contributed by atoms with Crippen molar-refractivity contribution in [3.05, 3.63) is 76.5 Å². The number of halogens is 1. The lowest BCUT2D eigenvalue weighted by atomic mass is 9.79. The predicted octanol–water partition coefficient (Wildman–Crippen LogP) is 5.70. The second-order valence-electron chi connectivity index (χ2n) is 8.36. The standard InChI is InChI=1S/C25H28BrN3O/c1-4-28(17-18(2)3)23(30)13-14-25(19-9-11-20(26)12-10-19)22-8-6-5-7-21(22)24-27-15-16-29(24)25/h5-12,15-16,18H,4,13-14,17H2,1-3H3. The molecule has 4 nitrogen and oxygen atoms in total. The molecule has 4 rings (SSSR count). The van der Waals surface area contributed by atoms with Crippen molar-refractivity contribution < 1.29 is 4.79 Å². The summed E-state index contributed by atoms with van der Waals surface area (Å²) in [5.74, 6) is 1.64. The second-order valence-corrected chi connectivity index (χ2v) is 9.28. The zero-order valence-electron chi connectivity index (χ0n) is 17.8. The van der Waals surface area contributed by atoms with Gasteiger partial charge >= 0.3 is 0 Å². The summed E-state index contributed by atoms with van der Waals surface area (Å²) in [6.07, 6.45) is 5.09. The summed E-state index contributed by atoms with van der Waals surface area (Å²) in [7, 11) is 0. The molecule has 30 heavy (non-hydrogen) atoms. The molecule has 1 aliphatic rings.